The summed E-state index contributed by atoms with van der Waals surface area (Å²) in [6.45, 7) is 1.11. The number of ether oxygens (including phenoxy) is 2. The van der Waals surface area contributed by atoms with Gasteiger partial charge in [-0.2, -0.15) is 0 Å². The van der Waals surface area contributed by atoms with Crippen molar-refractivity contribution < 1.29 is 27.0 Å². The molecule has 2 aromatic carbocycles. The van der Waals surface area contributed by atoms with Gasteiger partial charge in [0.1, 0.15) is 11.9 Å². The fourth-order valence-electron chi connectivity index (χ4n) is 2.20. The average molecular weight is 364 g/mol. The molecule has 3 nitrogen and oxygen atoms in total. The first-order valence-corrected chi connectivity index (χ1v) is 6.94. The Balaban J connectivity index is 0.00000208. The number of rotatable bonds is 4. The van der Waals surface area contributed by atoms with E-state index >= 15 is 0 Å². The van der Waals surface area contributed by atoms with E-state index in [9.17, 15) is 17.6 Å². The lowest BCUT2D eigenvalue weighted by atomic mass is 10.0. The summed E-state index contributed by atoms with van der Waals surface area (Å²) in [6.07, 6.45) is -5.06. The van der Waals surface area contributed by atoms with E-state index in [-0.39, 0.29) is 35.4 Å². The molecule has 130 valence electrons. The maximum absolute atomic E-state index is 13.8. The van der Waals surface area contributed by atoms with Crippen LogP contribution in [0.25, 0.3) is 11.1 Å². The SMILES string of the molecule is Cl.Fc1ccccc1-c1ccc(OC2CNC2)c(OC(F)(F)F)c1. The number of hydrogen-bond acceptors (Lipinski definition) is 3. The van der Waals surface area contributed by atoms with Gasteiger partial charge in [-0.25, -0.2) is 4.39 Å². The highest BCUT2D eigenvalue weighted by Gasteiger charge is 2.33. The molecule has 1 fully saturated rings. The van der Waals surface area contributed by atoms with Gasteiger partial charge in [-0.05, 0) is 23.8 Å². The first-order valence-electron chi connectivity index (χ1n) is 6.94. The molecule has 1 saturated heterocycles. The zero-order valence-corrected chi connectivity index (χ0v) is 13.1. The zero-order valence-electron chi connectivity index (χ0n) is 12.3. The van der Waals surface area contributed by atoms with Crippen LogP contribution < -0.4 is 14.8 Å². The van der Waals surface area contributed by atoms with Gasteiger partial charge in [0.05, 0.1) is 0 Å². The van der Waals surface area contributed by atoms with Gasteiger partial charge in [-0.3, -0.25) is 0 Å². The molecule has 0 bridgehead atoms. The van der Waals surface area contributed by atoms with E-state index < -0.39 is 17.9 Å². The lowest BCUT2D eigenvalue weighted by Crippen LogP contribution is -2.50. The molecule has 0 spiro atoms. The molecule has 0 saturated carbocycles. The van der Waals surface area contributed by atoms with Gasteiger partial charge in [0.15, 0.2) is 11.5 Å². The van der Waals surface area contributed by atoms with Crippen molar-refractivity contribution in [3.8, 4) is 22.6 Å². The summed E-state index contributed by atoms with van der Waals surface area (Å²) in [6, 6.07) is 9.83. The van der Waals surface area contributed by atoms with Crippen molar-refractivity contribution >= 4 is 12.4 Å². The topological polar surface area (TPSA) is 30.5 Å². The molecule has 1 aliphatic heterocycles. The van der Waals surface area contributed by atoms with Crippen LogP contribution in [-0.2, 0) is 0 Å². The number of halogens is 5. The van der Waals surface area contributed by atoms with Crippen LogP contribution in [0.15, 0.2) is 42.5 Å². The fourth-order valence-corrected chi connectivity index (χ4v) is 2.20. The van der Waals surface area contributed by atoms with Crippen molar-refractivity contribution in [2.45, 2.75) is 12.5 Å². The molecule has 0 aliphatic carbocycles. The number of benzene rings is 2. The Morgan fingerprint density at radius 1 is 1.00 bits per heavy atom. The predicted molar refractivity (Wildman–Crippen MR) is 83.1 cm³/mol. The van der Waals surface area contributed by atoms with Crippen molar-refractivity contribution in [3.05, 3.63) is 48.3 Å². The third kappa shape index (κ3) is 4.30. The van der Waals surface area contributed by atoms with Crippen LogP contribution in [0.4, 0.5) is 17.6 Å². The average Bonchev–Trinajstić information content (AvgIpc) is 2.43. The molecule has 2 aromatic rings. The highest BCUT2D eigenvalue weighted by Crippen LogP contribution is 2.37. The lowest BCUT2D eigenvalue weighted by Gasteiger charge is -2.28. The van der Waals surface area contributed by atoms with E-state index in [2.05, 4.69) is 10.1 Å². The second-order valence-corrected chi connectivity index (χ2v) is 5.09. The number of hydrogen-bond donors (Lipinski definition) is 1. The minimum Gasteiger partial charge on any atom is -0.484 e. The molecule has 0 aromatic heterocycles. The third-order valence-electron chi connectivity index (χ3n) is 3.39. The largest absolute Gasteiger partial charge is 0.573 e. The Hall–Kier alpha value is -1.99. The van der Waals surface area contributed by atoms with Crippen LogP contribution >= 0.6 is 12.4 Å². The van der Waals surface area contributed by atoms with E-state index in [0.717, 1.165) is 6.07 Å². The van der Waals surface area contributed by atoms with Gasteiger partial charge in [-0.1, -0.05) is 24.3 Å². The first-order chi connectivity index (χ1) is 10.9. The molecule has 0 unspecified atom stereocenters. The summed E-state index contributed by atoms with van der Waals surface area (Å²) in [5.41, 5.74) is 0.470. The molecule has 8 heteroatoms. The molecule has 1 aliphatic rings. The van der Waals surface area contributed by atoms with Gasteiger partial charge < -0.3 is 14.8 Å². The molecule has 1 N–H and O–H groups in total. The van der Waals surface area contributed by atoms with Crippen molar-refractivity contribution in [1.82, 2.24) is 5.32 Å². The van der Waals surface area contributed by atoms with E-state index in [1.54, 1.807) is 6.07 Å². The highest BCUT2D eigenvalue weighted by atomic mass is 35.5. The van der Waals surface area contributed by atoms with E-state index in [1.807, 2.05) is 0 Å². The maximum Gasteiger partial charge on any atom is 0.573 e. The van der Waals surface area contributed by atoms with Gasteiger partial charge in [-0.15, -0.1) is 25.6 Å². The standard InChI is InChI=1S/C16H13F4NO2.ClH/c17-13-4-2-1-3-12(13)10-5-6-14(22-11-8-21-9-11)15(7-10)23-16(18,19)20;/h1-7,11,21H,8-9H2;1H. The van der Waals surface area contributed by atoms with Crippen LogP contribution in [0, 0.1) is 5.82 Å². The summed E-state index contributed by atoms with van der Waals surface area (Å²) in [5.74, 6) is -1.03. The lowest BCUT2D eigenvalue weighted by molar-refractivity contribution is -0.275. The van der Waals surface area contributed by atoms with Crippen molar-refractivity contribution in [2.24, 2.45) is 0 Å². The smallest absolute Gasteiger partial charge is 0.484 e. The second kappa shape index (κ2) is 7.27. The summed E-state index contributed by atoms with van der Waals surface area (Å²) in [5, 5.41) is 2.96. The minimum atomic E-state index is -4.86. The van der Waals surface area contributed by atoms with Gasteiger partial charge in [0.25, 0.3) is 0 Å². The molecule has 24 heavy (non-hydrogen) atoms. The fraction of sp³-hybridized carbons (Fsp3) is 0.250. The normalized spacial score (nSPS) is 14.5. The van der Waals surface area contributed by atoms with Crippen LogP contribution in [-0.4, -0.2) is 25.6 Å². The molecular formula is C16H14ClF4NO2. The van der Waals surface area contributed by atoms with E-state index in [4.69, 9.17) is 4.74 Å². The zero-order chi connectivity index (χ0) is 16.4. The van der Waals surface area contributed by atoms with Crippen LogP contribution in [0.3, 0.4) is 0 Å². The molecule has 1 heterocycles. The molecule has 0 atom stereocenters. The summed E-state index contributed by atoms with van der Waals surface area (Å²) < 4.78 is 61.1. The monoisotopic (exact) mass is 363 g/mol. The van der Waals surface area contributed by atoms with Gasteiger partial charge in [0, 0.05) is 18.7 Å². The minimum absolute atomic E-state index is 0. The third-order valence-corrected chi connectivity index (χ3v) is 3.39. The Morgan fingerprint density at radius 2 is 1.71 bits per heavy atom. The van der Waals surface area contributed by atoms with Crippen molar-refractivity contribution in [2.75, 3.05) is 13.1 Å². The van der Waals surface area contributed by atoms with Crippen LogP contribution in [0.2, 0.25) is 0 Å². The van der Waals surface area contributed by atoms with Crippen molar-refractivity contribution in [3.63, 3.8) is 0 Å². The summed E-state index contributed by atoms with van der Waals surface area (Å²) in [7, 11) is 0. The number of alkyl halides is 3. The van der Waals surface area contributed by atoms with Gasteiger partial charge in [0.2, 0.25) is 0 Å². The maximum atomic E-state index is 13.8. The second-order valence-electron chi connectivity index (χ2n) is 5.09. The molecule has 0 amide bonds. The van der Waals surface area contributed by atoms with Gasteiger partial charge >= 0.3 is 6.36 Å². The van der Waals surface area contributed by atoms with Crippen molar-refractivity contribution in [1.29, 1.82) is 0 Å². The molecule has 3 rings (SSSR count). The van der Waals surface area contributed by atoms with E-state index in [1.165, 1.54) is 30.3 Å². The van der Waals surface area contributed by atoms with E-state index in [0.29, 0.717) is 13.1 Å². The summed E-state index contributed by atoms with van der Waals surface area (Å²) in [4.78, 5) is 0. The Morgan fingerprint density at radius 3 is 2.29 bits per heavy atom. The summed E-state index contributed by atoms with van der Waals surface area (Å²) >= 11 is 0. The Labute approximate surface area is 142 Å². The Kier molecular flexibility index (Phi) is 5.56. The quantitative estimate of drug-likeness (QED) is 0.827. The predicted octanol–water partition coefficient (Wildman–Crippen LogP) is 4.16. The Bertz CT molecular complexity index is 705. The highest BCUT2D eigenvalue weighted by molar-refractivity contribution is 5.85. The van der Waals surface area contributed by atoms with Crippen LogP contribution in [0.1, 0.15) is 0 Å². The van der Waals surface area contributed by atoms with Crippen LogP contribution in [0.5, 0.6) is 11.5 Å². The molecular weight excluding hydrogens is 350 g/mol. The number of nitrogens with one attached hydrogen (secondary N) is 1. The first kappa shape index (κ1) is 18.4. The molecule has 0 radical (unpaired) electrons.